The molecule has 2 fully saturated rings. The number of aliphatic imine (C=N–C) groups is 2. The van der Waals surface area contributed by atoms with Crippen molar-refractivity contribution in [2.24, 2.45) is 33.6 Å². The van der Waals surface area contributed by atoms with Gasteiger partial charge in [0, 0.05) is 23.6 Å². The second-order valence-corrected chi connectivity index (χ2v) is 8.93. The van der Waals surface area contributed by atoms with Crippen molar-refractivity contribution in [1.29, 1.82) is 0 Å². The number of carbonyl (C=O) groups excluding carboxylic acids is 1. The van der Waals surface area contributed by atoms with Crippen molar-refractivity contribution in [3.05, 3.63) is 23.5 Å². The van der Waals surface area contributed by atoms with Crippen molar-refractivity contribution in [3.8, 4) is 0 Å². The third-order valence-electron chi connectivity index (χ3n) is 6.75. The van der Waals surface area contributed by atoms with Crippen LogP contribution >= 0.6 is 0 Å². The normalized spacial score (nSPS) is 26.3. The Morgan fingerprint density at radius 1 is 1.33 bits per heavy atom. The van der Waals surface area contributed by atoms with Gasteiger partial charge in [0.25, 0.3) is 0 Å². The summed E-state index contributed by atoms with van der Waals surface area (Å²) in [6.07, 6.45) is 12.0. The Hall–Kier alpha value is -2.25. The van der Waals surface area contributed by atoms with E-state index < -0.39 is 0 Å². The van der Waals surface area contributed by atoms with E-state index in [0.717, 1.165) is 80.7 Å². The lowest BCUT2D eigenvalue weighted by Crippen LogP contribution is -2.41. The van der Waals surface area contributed by atoms with Gasteiger partial charge in [-0.15, -0.1) is 0 Å². The van der Waals surface area contributed by atoms with Gasteiger partial charge < -0.3 is 10.3 Å². The molecule has 1 aromatic heterocycles. The Bertz CT molecular complexity index is 829. The Morgan fingerprint density at radius 3 is 2.73 bits per heavy atom. The Labute approximate surface area is 178 Å². The number of aromatic amines is 1. The van der Waals surface area contributed by atoms with Crippen LogP contribution in [0.15, 0.2) is 27.9 Å². The highest BCUT2D eigenvalue weighted by molar-refractivity contribution is 5.88. The fourth-order valence-corrected chi connectivity index (χ4v) is 4.88. The van der Waals surface area contributed by atoms with Gasteiger partial charge in [-0.1, -0.05) is 13.3 Å². The molecular formula is C23H34N6O. The molecule has 0 spiro atoms. The topological polar surface area (TPSA) is 98.9 Å². The molecule has 4 N–H and O–H groups in total. The summed E-state index contributed by atoms with van der Waals surface area (Å²) in [6, 6.07) is 2.04. The van der Waals surface area contributed by atoms with Gasteiger partial charge in [-0.05, 0) is 70.2 Å². The lowest BCUT2D eigenvalue weighted by atomic mass is 9.79. The molecule has 1 aromatic rings. The zero-order valence-electron chi connectivity index (χ0n) is 17.9. The van der Waals surface area contributed by atoms with Gasteiger partial charge in [0.15, 0.2) is 5.78 Å². The van der Waals surface area contributed by atoms with Gasteiger partial charge in [0.1, 0.15) is 12.2 Å². The highest BCUT2D eigenvalue weighted by atomic mass is 16.1. The monoisotopic (exact) mass is 410 g/mol. The molecule has 162 valence electrons. The van der Waals surface area contributed by atoms with Gasteiger partial charge >= 0.3 is 0 Å². The average molecular weight is 411 g/mol. The van der Waals surface area contributed by atoms with E-state index in [2.05, 4.69) is 33.9 Å². The molecular weight excluding hydrogens is 376 g/mol. The molecule has 1 atom stereocenters. The molecule has 2 aliphatic carbocycles. The summed E-state index contributed by atoms with van der Waals surface area (Å²) in [4.78, 5) is 24.4. The largest absolute Gasteiger partial charge is 0.346 e. The number of rotatable bonds is 9. The predicted molar refractivity (Wildman–Crippen MR) is 121 cm³/mol. The van der Waals surface area contributed by atoms with Gasteiger partial charge in [-0.25, -0.2) is 10.8 Å². The number of aromatic nitrogens is 1. The number of H-pyrrole nitrogens is 1. The minimum atomic E-state index is 0.0482. The molecule has 3 aliphatic rings. The number of ketones is 1. The maximum Gasteiger partial charge on any atom is 0.152 e. The number of hydrogen-bond acceptors (Lipinski definition) is 6. The molecule has 0 aromatic carbocycles. The Kier molecular flexibility index (Phi) is 6.49. The number of nitrogens with two attached hydrogens (primary N) is 1. The van der Waals surface area contributed by atoms with Crippen molar-refractivity contribution in [2.45, 2.75) is 64.3 Å². The first-order valence-corrected chi connectivity index (χ1v) is 11.4. The van der Waals surface area contributed by atoms with Crippen LogP contribution < -0.4 is 11.2 Å². The van der Waals surface area contributed by atoms with Crippen LogP contribution in [-0.2, 0) is 4.79 Å². The number of fused-ring (bicyclic) bond motifs is 1. The zero-order valence-corrected chi connectivity index (χ0v) is 17.9. The fraction of sp³-hybridized carbons (Fsp3) is 0.609. The van der Waals surface area contributed by atoms with E-state index in [-0.39, 0.29) is 6.04 Å². The lowest BCUT2D eigenvalue weighted by Gasteiger charge is -2.32. The SMILES string of the molecule is C=N/C(=C1/c2cc[nH]c2N=CN1N)[C@H]1CC[C@H](CNC(CCC)C(=O)C2CC2)CC1. The summed E-state index contributed by atoms with van der Waals surface area (Å²) in [7, 11) is 0. The molecule has 7 nitrogen and oxygen atoms in total. The van der Waals surface area contributed by atoms with Gasteiger partial charge in [-0.3, -0.25) is 14.8 Å². The second-order valence-electron chi connectivity index (χ2n) is 8.93. The quantitative estimate of drug-likeness (QED) is 0.426. The minimum Gasteiger partial charge on any atom is -0.346 e. The summed E-state index contributed by atoms with van der Waals surface area (Å²) in [5.41, 5.74) is 2.84. The van der Waals surface area contributed by atoms with Gasteiger partial charge in [0.05, 0.1) is 17.4 Å². The maximum absolute atomic E-state index is 12.5. The minimum absolute atomic E-state index is 0.0482. The van der Waals surface area contributed by atoms with E-state index in [9.17, 15) is 4.79 Å². The zero-order chi connectivity index (χ0) is 21.1. The lowest BCUT2D eigenvalue weighted by molar-refractivity contribution is -0.122. The van der Waals surface area contributed by atoms with E-state index in [1.807, 2.05) is 12.3 Å². The number of nitrogens with zero attached hydrogens (tertiary/aromatic N) is 3. The molecule has 30 heavy (non-hydrogen) atoms. The smallest absolute Gasteiger partial charge is 0.152 e. The third kappa shape index (κ3) is 4.42. The number of hydrazine groups is 1. The van der Waals surface area contributed by atoms with Crippen LogP contribution in [0.3, 0.4) is 0 Å². The molecule has 0 amide bonds. The van der Waals surface area contributed by atoms with E-state index in [4.69, 9.17) is 5.84 Å². The highest BCUT2D eigenvalue weighted by Crippen LogP contribution is 2.40. The molecule has 2 heterocycles. The van der Waals surface area contributed by atoms with Crippen LogP contribution in [0.2, 0.25) is 0 Å². The first kappa shape index (κ1) is 21.0. The maximum atomic E-state index is 12.5. The standard InChI is InChI=1S/C23H34N6O/c1-3-4-19(22(30)17-9-10-17)27-13-15-5-7-16(8-6-15)20(25-2)21-18-11-12-26-23(18)28-14-29(21)24/h11-12,14-17,19,26-27H,2-10,13,24H2,1H3/b21-20-/t15-,16-,19?. The van der Waals surface area contributed by atoms with Crippen molar-refractivity contribution in [2.75, 3.05) is 6.54 Å². The van der Waals surface area contributed by atoms with E-state index in [1.165, 1.54) is 0 Å². The van der Waals surface area contributed by atoms with Crippen LogP contribution in [-0.4, -0.2) is 41.4 Å². The number of allylic oxidation sites excluding steroid dienone is 1. The van der Waals surface area contributed by atoms with Crippen molar-refractivity contribution in [3.63, 3.8) is 0 Å². The highest BCUT2D eigenvalue weighted by Gasteiger charge is 2.35. The van der Waals surface area contributed by atoms with E-state index in [1.54, 1.807) is 11.3 Å². The summed E-state index contributed by atoms with van der Waals surface area (Å²) in [6.45, 7) is 6.94. The fourth-order valence-electron chi connectivity index (χ4n) is 4.88. The number of hydrogen-bond donors (Lipinski definition) is 3. The summed E-state index contributed by atoms with van der Waals surface area (Å²) >= 11 is 0. The third-order valence-corrected chi connectivity index (χ3v) is 6.75. The molecule has 0 saturated heterocycles. The molecule has 1 aliphatic heterocycles. The Morgan fingerprint density at radius 2 is 2.07 bits per heavy atom. The molecule has 0 radical (unpaired) electrons. The van der Waals surface area contributed by atoms with Crippen LogP contribution in [0.5, 0.6) is 0 Å². The van der Waals surface area contributed by atoms with Gasteiger partial charge in [-0.2, -0.15) is 0 Å². The molecule has 7 heteroatoms. The molecule has 1 unspecified atom stereocenters. The Balaban J connectivity index is 1.37. The second kappa shape index (κ2) is 9.27. The van der Waals surface area contributed by atoms with Crippen molar-refractivity contribution < 1.29 is 4.79 Å². The average Bonchev–Trinajstić information content (AvgIpc) is 3.51. The molecule has 2 saturated carbocycles. The van der Waals surface area contributed by atoms with Crippen LogP contribution in [0, 0.1) is 17.8 Å². The summed E-state index contributed by atoms with van der Waals surface area (Å²) in [5.74, 6) is 8.74. The van der Waals surface area contributed by atoms with E-state index in [0.29, 0.717) is 23.5 Å². The summed E-state index contributed by atoms with van der Waals surface area (Å²) < 4.78 is 0. The van der Waals surface area contributed by atoms with Crippen molar-refractivity contribution in [1.82, 2.24) is 15.3 Å². The predicted octanol–water partition coefficient (Wildman–Crippen LogP) is 3.78. The molecule has 0 bridgehead atoms. The first-order valence-electron chi connectivity index (χ1n) is 11.4. The van der Waals surface area contributed by atoms with Gasteiger partial charge in [0.2, 0.25) is 0 Å². The van der Waals surface area contributed by atoms with Crippen molar-refractivity contribution >= 4 is 30.4 Å². The van der Waals surface area contributed by atoms with E-state index >= 15 is 0 Å². The number of Topliss-reactive ketones (excluding diaryl/α,β-unsaturated/α-hetero) is 1. The molecule has 4 rings (SSSR count). The first-order chi connectivity index (χ1) is 14.6. The van der Waals surface area contributed by atoms with Crippen LogP contribution in [0.4, 0.5) is 5.82 Å². The van der Waals surface area contributed by atoms with Crippen LogP contribution in [0.25, 0.3) is 5.70 Å². The summed E-state index contributed by atoms with van der Waals surface area (Å²) in [5, 5.41) is 5.16. The number of carbonyl (C=O) groups is 1. The number of nitrogens with one attached hydrogen (secondary N) is 2. The van der Waals surface area contributed by atoms with Crippen LogP contribution in [0.1, 0.15) is 63.9 Å².